The molecule has 2 rings (SSSR count). The number of nitrogens with one attached hydrogen (secondary N) is 1. The Kier molecular flexibility index (Phi) is 3.64. The lowest BCUT2D eigenvalue weighted by molar-refractivity contribution is -0.123. The molecule has 1 amide bonds. The lowest BCUT2D eigenvalue weighted by Crippen LogP contribution is -2.37. The van der Waals surface area contributed by atoms with E-state index in [4.69, 9.17) is 9.84 Å². The van der Waals surface area contributed by atoms with E-state index in [0.717, 1.165) is 11.3 Å². The van der Waals surface area contributed by atoms with E-state index in [0.29, 0.717) is 13.0 Å². The van der Waals surface area contributed by atoms with Crippen molar-refractivity contribution in [3.63, 3.8) is 0 Å². The molecule has 0 saturated carbocycles. The SMILES string of the molecule is CC(CCO)NC(=O)C1COc2ccccc21. The molecule has 1 aromatic carbocycles. The first-order valence-corrected chi connectivity index (χ1v) is 5.85. The number of aliphatic hydroxyl groups is 1. The fourth-order valence-corrected chi connectivity index (χ4v) is 1.99. The fraction of sp³-hybridized carbons (Fsp3) is 0.462. The topological polar surface area (TPSA) is 58.6 Å². The molecule has 4 heteroatoms. The lowest BCUT2D eigenvalue weighted by atomic mass is 10.00. The van der Waals surface area contributed by atoms with Crippen molar-refractivity contribution in [3.05, 3.63) is 29.8 Å². The van der Waals surface area contributed by atoms with Gasteiger partial charge in [-0.3, -0.25) is 4.79 Å². The van der Waals surface area contributed by atoms with Crippen LogP contribution >= 0.6 is 0 Å². The number of hydrogen-bond donors (Lipinski definition) is 2. The molecule has 0 aliphatic carbocycles. The van der Waals surface area contributed by atoms with Crippen molar-refractivity contribution in [2.75, 3.05) is 13.2 Å². The molecule has 1 aliphatic rings. The van der Waals surface area contributed by atoms with E-state index in [2.05, 4.69) is 5.32 Å². The highest BCUT2D eigenvalue weighted by Crippen LogP contribution is 2.33. The molecule has 2 unspecified atom stereocenters. The minimum atomic E-state index is -0.229. The van der Waals surface area contributed by atoms with Crippen LogP contribution in [0.1, 0.15) is 24.8 Å². The summed E-state index contributed by atoms with van der Waals surface area (Å²) in [7, 11) is 0. The molecule has 0 spiro atoms. The van der Waals surface area contributed by atoms with Gasteiger partial charge in [0.2, 0.25) is 5.91 Å². The molecule has 1 aromatic rings. The summed E-state index contributed by atoms with van der Waals surface area (Å²) in [6.07, 6.45) is 0.570. The van der Waals surface area contributed by atoms with Gasteiger partial charge in [0.1, 0.15) is 18.3 Å². The third kappa shape index (κ3) is 2.58. The Morgan fingerprint density at radius 1 is 1.59 bits per heavy atom. The monoisotopic (exact) mass is 235 g/mol. The predicted molar refractivity (Wildman–Crippen MR) is 64.0 cm³/mol. The predicted octanol–water partition coefficient (Wildman–Crippen LogP) is 1.05. The Morgan fingerprint density at radius 3 is 3.12 bits per heavy atom. The van der Waals surface area contributed by atoms with E-state index < -0.39 is 0 Å². The lowest BCUT2D eigenvalue weighted by Gasteiger charge is -2.15. The van der Waals surface area contributed by atoms with Gasteiger partial charge in [-0.2, -0.15) is 0 Å². The maximum atomic E-state index is 12.0. The van der Waals surface area contributed by atoms with Crippen LogP contribution in [0.4, 0.5) is 0 Å². The Bertz CT molecular complexity index is 405. The fourth-order valence-electron chi connectivity index (χ4n) is 1.99. The molecule has 92 valence electrons. The van der Waals surface area contributed by atoms with Gasteiger partial charge in [-0.15, -0.1) is 0 Å². The minimum Gasteiger partial charge on any atom is -0.492 e. The zero-order chi connectivity index (χ0) is 12.3. The molecule has 0 aromatic heterocycles. The third-order valence-corrected chi connectivity index (χ3v) is 2.97. The number of rotatable bonds is 4. The van der Waals surface area contributed by atoms with Crippen molar-refractivity contribution < 1.29 is 14.6 Å². The van der Waals surface area contributed by atoms with Gasteiger partial charge in [0.05, 0.1) is 0 Å². The van der Waals surface area contributed by atoms with Gasteiger partial charge in [-0.25, -0.2) is 0 Å². The molecular weight excluding hydrogens is 218 g/mol. The molecule has 2 N–H and O–H groups in total. The third-order valence-electron chi connectivity index (χ3n) is 2.97. The molecule has 17 heavy (non-hydrogen) atoms. The first-order chi connectivity index (χ1) is 8.22. The second-order valence-electron chi connectivity index (χ2n) is 4.32. The summed E-state index contributed by atoms with van der Waals surface area (Å²) < 4.78 is 5.46. The van der Waals surface area contributed by atoms with Crippen molar-refractivity contribution in [3.8, 4) is 5.75 Å². The standard InChI is InChI=1S/C13H17NO3/c1-9(6-7-15)14-13(16)11-8-17-12-5-3-2-4-10(11)12/h2-5,9,11,15H,6-8H2,1H3,(H,14,16). The summed E-state index contributed by atoms with van der Waals surface area (Å²) in [5.74, 6) is 0.533. The zero-order valence-corrected chi connectivity index (χ0v) is 9.85. The van der Waals surface area contributed by atoms with Crippen LogP contribution in [-0.2, 0) is 4.79 Å². The van der Waals surface area contributed by atoms with Crippen molar-refractivity contribution in [1.82, 2.24) is 5.32 Å². The summed E-state index contributed by atoms with van der Waals surface area (Å²) in [5.41, 5.74) is 0.946. The first-order valence-electron chi connectivity index (χ1n) is 5.85. The van der Waals surface area contributed by atoms with E-state index in [-0.39, 0.29) is 24.5 Å². The molecule has 0 saturated heterocycles. The minimum absolute atomic E-state index is 0.0136. The van der Waals surface area contributed by atoms with Gasteiger partial charge in [-0.05, 0) is 19.4 Å². The van der Waals surface area contributed by atoms with Gasteiger partial charge in [0, 0.05) is 18.2 Å². The van der Waals surface area contributed by atoms with Crippen LogP contribution in [0.3, 0.4) is 0 Å². The first kappa shape index (κ1) is 11.9. The van der Waals surface area contributed by atoms with Crippen molar-refractivity contribution in [1.29, 1.82) is 0 Å². The smallest absolute Gasteiger partial charge is 0.231 e. The average Bonchev–Trinajstić information content (AvgIpc) is 2.72. The second-order valence-corrected chi connectivity index (χ2v) is 4.32. The number of para-hydroxylation sites is 1. The number of benzene rings is 1. The average molecular weight is 235 g/mol. The molecule has 0 bridgehead atoms. The van der Waals surface area contributed by atoms with Crippen LogP contribution in [0.15, 0.2) is 24.3 Å². The Morgan fingerprint density at radius 2 is 2.35 bits per heavy atom. The number of aliphatic hydroxyl groups excluding tert-OH is 1. The molecule has 1 aliphatic heterocycles. The van der Waals surface area contributed by atoms with E-state index >= 15 is 0 Å². The highest BCUT2D eigenvalue weighted by molar-refractivity contribution is 5.85. The van der Waals surface area contributed by atoms with E-state index in [1.54, 1.807) is 0 Å². The van der Waals surface area contributed by atoms with Gasteiger partial charge < -0.3 is 15.2 Å². The number of ether oxygens (including phenoxy) is 1. The largest absolute Gasteiger partial charge is 0.492 e. The van der Waals surface area contributed by atoms with Crippen LogP contribution in [-0.4, -0.2) is 30.3 Å². The molecule has 4 nitrogen and oxygen atoms in total. The van der Waals surface area contributed by atoms with Gasteiger partial charge >= 0.3 is 0 Å². The molecule has 0 radical (unpaired) electrons. The quantitative estimate of drug-likeness (QED) is 0.820. The number of fused-ring (bicyclic) bond motifs is 1. The second kappa shape index (κ2) is 5.19. The summed E-state index contributed by atoms with van der Waals surface area (Å²) >= 11 is 0. The summed E-state index contributed by atoms with van der Waals surface area (Å²) in [5, 5.41) is 11.7. The highest BCUT2D eigenvalue weighted by atomic mass is 16.5. The van der Waals surface area contributed by atoms with Gasteiger partial charge in [-0.1, -0.05) is 18.2 Å². The summed E-state index contributed by atoms with van der Waals surface area (Å²) in [6.45, 7) is 2.37. The van der Waals surface area contributed by atoms with E-state index in [9.17, 15) is 4.79 Å². The van der Waals surface area contributed by atoms with Crippen LogP contribution in [0.2, 0.25) is 0 Å². The molecular formula is C13H17NO3. The normalized spacial score (nSPS) is 19.3. The zero-order valence-electron chi connectivity index (χ0n) is 9.85. The maximum absolute atomic E-state index is 12.0. The summed E-state index contributed by atoms with van der Waals surface area (Å²) in [6, 6.07) is 7.59. The van der Waals surface area contributed by atoms with Crippen molar-refractivity contribution in [2.24, 2.45) is 0 Å². The van der Waals surface area contributed by atoms with Gasteiger partial charge in [0.25, 0.3) is 0 Å². The Labute approximate surface area is 101 Å². The van der Waals surface area contributed by atoms with Gasteiger partial charge in [0.15, 0.2) is 0 Å². The van der Waals surface area contributed by atoms with Crippen LogP contribution in [0.25, 0.3) is 0 Å². The number of carbonyl (C=O) groups excluding carboxylic acids is 1. The number of amides is 1. The summed E-state index contributed by atoms with van der Waals surface area (Å²) in [4.78, 5) is 12.0. The van der Waals surface area contributed by atoms with E-state index in [1.165, 1.54) is 0 Å². The molecule has 2 atom stereocenters. The van der Waals surface area contributed by atoms with Crippen molar-refractivity contribution >= 4 is 5.91 Å². The molecule has 0 fully saturated rings. The number of hydrogen-bond acceptors (Lipinski definition) is 3. The number of carbonyl (C=O) groups is 1. The highest BCUT2D eigenvalue weighted by Gasteiger charge is 2.30. The maximum Gasteiger partial charge on any atom is 0.231 e. The van der Waals surface area contributed by atoms with Crippen LogP contribution < -0.4 is 10.1 Å². The Hall–Kier alpha value is -1.55. The van der Waals surface area contributed by atoms with E-state index in [1.807, 2.05) is 31.2 Å². The van der Waals surface area contributed by atoms with Crippen LogP contribution in [0, 0.1) is 0 Å². The Balaban J connectivity index is 2.02. The molecule has 1 heterocycles. The van der Waals surface area contributed by atoms with Crippen LogP contribution in [0.5, 0.6) is 5.75 Å². The van der Waals surface area contributed by atoms with Crippen molar-refractivity contribution in [2.45, 2.75) is 25.3 Å².